The quantitative estimate of drug-likeness (QED) is 0.497. The summed E-state index contributed by atoms with van der Waals surface area (Å²) >= 11 is 0. The van der Waals surface area contributed by atoms with Crippen molar-refractivity contribution in [3.63, 3.8) is 0 Å². The van der Waals surface area contributed by atoms with Crippen molar-refractivity contribution >= 4 is 23.3 Å². The van der Waals surface area contributed by atoms with Crippen LogP contribution in [0.25, 0.3) is 0 Å². The molecule has 0 amide bonds. The van der Waals surface area contributed by atoms with Gasteiger partial charge >= 0.3 is 23.3 Å². The van der Waals surface area contributed by atoms with Gasteiger partial charge in [0, 0.05) is 0 Å². The molecule has 0 spiro atoms. The van der Waals surface area contributed by atoms with Gasteiger partial charge in [-0.15, -0.1) is 34.5 Å². The first-order valence-electron chi connectivity index (χ1n) is 2.36. The van der Waals surface area contributed by atoms with E-state index in [9.17, 15) is 21.0 Å². The molecule has 1 unspecified atom stereocenters. The molecule has 0 aliphatic carbocycles. The third-order valence-electron chi connectivity index (χ3n) is 0.705. The first-order valence-corrected chi connectivity index (χ1v) is 7.08. The van der Waals surface area contributed by atoms with Crippen LogP contribution in [-0.2, 0) is 0 Å². The summed E-state index contributed by atoms with van der Waals surface area (Å²) in [4.78, 5) is 0. The van der Waals surface area contributed by atoms with Crippen LogP contribution < -0.4 is 5.50 Å². The van der Waals surface area contributed by atoms with Crippen LogP contribution in [0.4, 0.5) is 21.0 Å². The van der Waals surface area contributed by atoms with E-state index in [0.717, 1.165) is 0 Å². The lowest BCUT2D eigenvalue weighted by atomic mass is 13.8. The molecular formula is H3F5N4P3+. The normalized spacial score (nSPS) is 37.5. The number of nitrogens with zero attached hydrogens (tertiary/aromatic N) is 3. The van der Waals surface area contributed by atoms with Crippen molar-refractivity contribution in [2.24, 2.45) is 13.5 Å². The summed E-state index contributed by atoms with van der Waals surface area (Å²) in [5, 5.41) is 0. The minimum Gasteiger partial charge on any atom is -0.288 e. The van der Waals surface area contributed by atoms with E-state index < -0.39 is 23.3 Å². The summed E-state index contributed by atoms with van der Waals surface area (Å²) in [5.74, 6) is 0. The van der Waals surface area contributed by atoms with E-state index in [1.165, 1.54) is 0 Å². The maximum Gasteiger partial charge on any atom is 0.440 e. The van der Waals surface area contributed by atoms with Crippen molar-refractivity contribution in [3.05, 3.63) is 0 Å². The van der Waals surface area contributed by atoms with E-state index in [2.05, 4.69) is 14.5 Å². The molecule has 1 rings (SSSR count). The molecule has 0 radical (unpaired) electrons. The van der Waals surface area contributed by atoms with Crippen LogP contribution in [0.3, 0.4) is 0 Å². The van der Waals surface area contributed by atoms with E-state index in [1.54, 1.807) is 0 Å². The van der Waals surface area contributed by atoms with Gasteiger partial charge in [0.2, 0.25) is 0 Å². The Morgan fingerprint density at radius 3 is 1.50 bits per heavy atom. The first kappa shape index (κ1) is 10.4. The highest BCUT2D eigenvalue weighted by molar-refractivity contribution is 7.76. The molecule has 1 aliphatic rings. The van der Waals surface area contributed by atoms with E-state index in [-0.39, 0.29) is 0 Å². The average Bonchev–Trinajstić information content (AvgIpc) is 1.44. The second-order valence-electron chi connectivity index (χ2n) is 1.82. The standard InChI is InChI=1S/F5H2N4P3/c1-10(2)7-11(3,4)9-12(5,6)8-10/h6H2/p+1. The SMILES string of the molecule is [NH3+]P1(F)=NP(F)(F)=NP(F)(F)=N1. The van der Waals surface area contributed by atoms with E-state index >= 15 is 0 Å². The summed E-state index contributed by atoms with van der Waals surface area (Å²) in [6.07, 6.45) is 0. The molecule has 0 aromatic rings. The number of rotatable bonds is 0. The Labute approximate surface area is 64.3 Å². The largest absolute Gasteiger partial charge is 0.440 e. The second kappa shape index (κ2) is 2.64. The zero-order valence-electron chi connectivity index (χ0n) is 5.28. The molecule has 0 fully saturated rings. The molecule has 3 N–H and O–H groups in total. The van der Waals surface area contributed by atoms with Gasteiger partial charge in [0.15, 0.2) is 0 Å². The van der Waals surface area contributed by atoms with Crippen LogP contribution in [0.5, 0.6) is 0 Å². The molecular weight excluding hydrogens is 244 g/mol. The van der Waals surface area contributed by atoms with Crippen molar-refractivity contribution < 1.29 is 26.5 Å². The van der Waals surface area contributed by atoms with Gasteiger partial charge in [-0.2, -0.15) is 0 Å². The topological polar surface area (TPSA) is 64.7 Å². The van der Waals surface area contributed by atoms with Crippen LogP contribution in [0.2, 0.25) is 0 Å². The lowest BCUT2D eigenvalue weighted by Gasteiger charge is -2.08. The van der Waals surface area contributed by atoms with Crippen LogP contribution in [0.1, 0.15) is 0 Å². The van der Waals surface area contributed by atoms with Gasteiger partial charge in [-0.25, -0.2) is 0 Å². The monoisotopic (exact) mass is 247 g/mol. The Morgan fingerprint density at radius 2 is 1.17 bits per heavy atom. The third kappa shape index (κ3) is 2.66. The Kier molecular flexibility index (Phi) is 2.29. The van der Waals surface area contributed by atoms with Gasteiger partial charge in [-0.05, 0) is 0 Å². The van der Waals surface area contributed by atoms with E-state index in [0.29, 0.717) is 0 Å². The van der Waals surface area contributed by atoms with Crippen LogP contribution in [-0.4, -0.2) is 0 Å². The Hall–Kier alpha value is 0.300. The van der Waals surface area contributed by atoms with Crippen LogP contribution in [0.15, 0.2) is 13.5 Å². The van der Waals surface area contributed by atoms with Crippen molar-refractivity contribution in [3.8, 4) is 0 Å². The molecule has 1 aliphatic heterocycles. The fourth-order valence-electron chi connectivity index (χ4n) is 0.513. The molecule has 12 heavy (non-hydrogen) atoms. The van der Waals surface area contributed by atoms with E-state index in [1.807, 2.05) is 4.52 Å². The van der Waals surface area contributed by atoms with Gasteiger partial charge in [0.25, 0.3) is 0 Å². The van der Waals surface area contributed by atoms with Gasteiger partial charge in [-0.1, -0.05) is 0 Å². The highest BCUT2D eigenvalue weighted by Crippen LogP contribution is 2.78. The Balaban J connectivity index is 3.46. The number of hydrogen-bond acceptors (Lipinski definition) is 3. The Morgan fingerprint density at radius 1 is 0.750 bits per heavy atom. The van der Waals surface area contributed by atoms with Crippen molar-refractivity contribution in [2.45, 2.75) is 0 Å². The highest BCUT2D eigenvalue weighted by Gasteiger charge is 2.39. The number of halogens is 5. The summed E-state index contributed by atoms with van der Waals surface area (Å²) in [6.45, 7) is 0. The van der Waals surface area contributed by atoms with Gasteiger partial charge < -0.3 is 0 Å². The molecule has 4 nitrogen and oxygen atoms in total. The fourth-order valence-corrected chi connectivity index (χ4v) is 5.58. The number of hydrogen-bond donors (Lipinski definition) is 1. The molecule has 0 aromatic heterocycles. The minimum atomic E-state index is -5.51. The molecule has 1 heterocycles. The maximum absolute atomic E-state index is 12.6. The fraction of sp³-hybridized carbons (Fsp3) is 0. The smallest absolute Gasteiger partial charge is 0.288 e. The maximum atomic E-state index is 12.6. The molecule has 0 bridgehead atoms. The Bertz CT molecular complexity index is 275. The summed E-state index contributed by atoms with van der Waals surface area (Å²) in [5.41, 5.74) is 2.47. The van der Waals surface area contributed by atoms with Crippen molar-refractivity contribution in [1.82, 2.24) is 0 Å². The first-order chi connectivity index (χ1) is 5.12. The number of quaternary nitrogens is 1. The summed E-state index contributed by atoms with van der Waals surface area (Å²) in [6, 6.07) is 0. The summed E-state index contributed by atoms with van der Waals surface area (Å²) in [7, 11) is -15.6. The van der Waals surface area contributed by atoms with Gasteiger partial charge in [0.1, 0.15) is 0 Å². The lowest BCUT2D eigenvalue weighted by Crippen LogP contribution is -2.40. The average molecular weight is 247 g/mol. The van der Waals surface area contributed by atoms with Gasteiger partial charge in [-0.3, -0.25) is 5.50 Å². The van der Waals surface area contributed by atoms with Gasteiger partial charge in [0.05, 0.1) is 0 Å². The molecule has 0 saturated heterocycles. The molecule has 0 saturated carbocycles. The third-order valence-corrected chi connectivity index (χ3v) is 6.34. The minimum absolute atomic E-state index is 1.81. The van der Waals surface area contributed by atoms with Crippen LogP contribution >= 0.6 is 23.3 Å². The zero-order valence-corrected chi connectivity index (χ0v) is 7.96. The second-order valence-corrected chi connectivity index (χ2v) is 7.08. The highest BCUT2D eigenvalue weighted by atomic mass is 31.3. The van der Waals surface area contributed by atoms with Crippen molar-refractivity contribution in [1.29, 1.82) is 0 Å². The van der Waals surface area contributed by atoms with Crippen molar-refractivity contribution in [2.75, 3.05) is 0 Å². The van der Waals surface area contributed by atoms with Crippen LogP contribution in [0, 0.1) is 0 Å². The predicted octanol–water partition coefficient (Wildman–Crippen LogP) is 3.93. The predicted molar refractivity (Wildman–Crippen MR) is 36.5 cm³/mol. The molecule has 72 valence electrons. The lowest BCUT2D eigenvalue weighted by molar-refractivity contribution is -0.175. The molecule has 12 heteroatoms. The molecule has 1 atom stereocenters. The zero-order chi connectivity index (χ0) is 9.62. The van der Waals surface area contributed by atoms with E-state index in [4.69, 9.17) is 0 Å². The summed E-state index contributed by atoms with van der Waals surface area (Å²) < 4.78 is 67.5. The molecule has 0 aromatic carbocycles.